The van der Waals surface area contributed by atoms with E-state index < -0.39 is 6.09 Å². The van der Waals surface area contributed by atoms with Gasteiger partial charge in [-0.25, -0.2) is 4.79 Å². The highest BCUT2D eigenvalue weighted by Crippen LogP contribution is 2.27. The van der Waals surface area contributed by atoms with Crippen molar-refractivity contribution in [3.8, 4) is 0 Å². The first-order valence-electron chi connectivity index (χ1n) is 3.91. The molecule has 3 nitrogen and oxygen atoms in total. The lowest BCUT2D eigenvalue weighted by molar-refractivity contribution is 0.181. The normalized spacial score (nSPS) is 9.93. The standard InChI is InChI=1S/C9H10BrNO2S/c1-6-5-7(10)3-4-8(6)14-11(2)9(12)13/h3-5H,1-2H3,(H,12,13). The van der Waals surface area contributed by atoms with Crippen LogP contribution in [0.4, 0.5) is 4.79 Å². The van der Waals surface area contributed by atoms with Gasteiger partial charge in [0.2, 0.25) is 0 Å². The number of halogens is 1. The molecule has 1 amide bonds. The molecular weight excluding hydrogens is 266 g/mol. The van der Waals surface area contributed by atoms with E-state index in [0.717, 1.165) is 14.9 Å². The van der Waals surface area contributed by atoms with Crippen molar-refractivity contribution >= 4 is 34.0 Å². The van der Waals surface area contributed by atoms with Crippen LogP contribution in [0.5, 0.6) is 0 Å². The molecule has 0 spiro atoms. The van der Waals surface area contributed by atoms with Crippen LogP contribution in [0.1, 0.15) is 5.56 Å². The van der Waals surface area contributed by atoms with E-state index in [0.29, 0.717) is 0 Å². The Hall–Kier alpha value is -0.680. The Morgan fingerprint density at radius 2 is 2.21 bits per heavy atom. The van der Waals surface area contributed by atoms with E-state index in [-0.39, 0.29) is 0 Å². The molecule has 0 saturated carbocycles. The van der Waals surface area contributed by atoms with Gasteiger partial charge in [-0.05, 0) is 42.6 Å². The number of carbonyl (C=O) groups is 1. The second-order valence-electron chi connectivity index (χ2n) is 2.78. The lowest BCUT2D eigenvalue weighted by atomic mass is 10.2. The predicted octanol–water partition coefficient (Wildman–Crippen LogP) is 3.37. The fourth-order valence-electron chi connectivity index (χ4n) is 0.902. The van der Waals surface area contributed by atoms with Gasteiger partial charge in [0.25, 0.3) is 0 Å². The summed E-state index contributed by atoms with van der Waals surface area (Å²) in [7, 11) is 1.52. The van der Waals surface area contributed by atoms with Gasteiger partial charge in [-0.2, -0.15) is 0 Å². The molecule has 0 heterocycles. The SMILES string of the molecule is Cc1cc(Br)ccc1SN(C)C(=O)O. The highest BCUT2D eigenvalue weighted by molar-refractivity contribution is 9.10. The van der Waals surface area contributed by atoms with Crippen LogP contribution >= 0.6 is 27.9 Å². The lowest BCUT2D eigenvalue weighted by Crippen LogP contribution is -2.16. The van der Waals surface area contributed by atoms with Crippen molar-refractivity contribution in [1.29, 1.82) is 0 Å². The zero-order valence-corrected chi connectivity index (χ0v) is 10.2. The van der Waals surface area contributed by atoms with Gasteiger partial charge in [-0.15, -0.1) is 0 Å². The molecule has 0 aliphatic heterocycles. The predicted molar refractivity (Wildman–Crippen MR) is 60.5 cm³/mol. The van der Waals surface area contributed by atoms with Crippen molar-refractivity contribution in [3.05, 3.63) is 28.2 Å². The number of nitrogens with zero attached hydrogens (tertiary/aromatic N) is 1. The van der Waals surface area contributed by atoms with Crippen LogP contribution in [0.15, 0.2) is 27.6 Å². The smallest absolute Gasteiger partial charge is 0.417 e. The van der Waals surface area contributed by atoms with Crippen LogP contribution in [0.2, 0.25) is 0 Å². The van der Waals surface area contributed by atoms with E-state index in [1.54, 1.807) is 0 Å². The number of benzene rings is 1. The summed E-state index contributed by atoms with van der Waals surface area (Å²) in [4.78, 5) is 11.5. The summed E-state index contributed by atoms with van der Waals surface area (Å²) in [5.74, 6) is 0. The Labute approximate surface area is 95.4 Å². The van der Waals surface area contributed by atoms with Crippen molar-refractivity contribution < 1.29 is 9.90 Å². The van der Waals surface area contributed by atoms with Gasteiger partial charge in [0.1, 0.15) is 0 Å². The molecule has 1 rings (SSSR count). The summed E-state index contributed by atoms with van der Waals surface area (Å²) in [6.45, 7) is 1.95. The van der Waals surface area contributed by atoms with E-state index in [1.165, 1.54) is 23.3 Å². The van der Waals surface area contributed by atoms with Crippen molar-refractivity contribution in [3.63, 3.8) is 0 Å². The van der Waals surface area contributed by atoms with Crippen molar-refractivity contribution in [2.45, 2.75) is 11.8 Å². The van der Waals surface area contributed by atoms with E-state index in [4.69, 9.17) is 5.11 Å². The maximum Gasteiger partial charge on any atom is 0.417 e. The number of carboxylic acid groups (broad SMARTS) is 1. The zero-order valence-electron chi connectivity index (χ0n) is 7.82. The highest BCUT2D eigenvalue weighted by Gasteiger charge is 2.09. The first kappa shape index (κ1) is 11.4. The van der Waals surface area contributed by atoms with Crippen molar-refractivity contribution in [2.24, 2.45) is 0 Å². The molecule has 0 unspecified atom stereocenters. The van der Waals surface area contributed by atoms with Crippen LogP contribution in [0, 0.1) is 6.92 Å². The third-order valence-corrected chi connectivity index (χ3v) is 3.22. The van der Waals surface area contributed by atoms with Gasteiger partial charge in [0.05, 0.1) is 0 Å². The summed E-state index contributed by atoms with van der Waals surface area (Å²) < 4.78 is 2.17. The first-order chi connectivity index (χ1) is 6.50. The molecule has 0 atom stereocenters. The monoisotopic (exact) mass is 275 g/mol. The van der Waals surface area contributed by atoms with Crippen molar-refractivity contribution in [1.82, 2.24) is 4.31 Å². The largest absolute Gasteiger partial charge is 0.464 e. The molecule has 0 fully saturated rings. The minimum Gasteiger partial charge on any atom is -0.464 e. The molecule has 1 aromatic rings. The van der Waals surface area contributed by atoms with E-state index >= 15 is 0 Å². The second kappa shape index (κ2) is 4.70. The zero-order chi connectivity index (χ0) is 10.7. The fraction of sp³-hybridized carbons (Fsp3) is 0.222. The minimum absolute atomic E-state index is 0.943. The average molecular weight is 276 g/mol. The Morgan fingerprint density at radius 1 is 1.57 bits per heavy atom. The molecule has 0 aromatic heterocycles. The highest BCUT2D eigenvalue weighted by atomic mass is 79.9. The minimum atomic E-state index is -0.947. The summed E-state index contributed by atoms with van der Waals surface area (Å²) in [6, 6.07) is 5.74. The first-order valence-corrected chi connectivity index (χ1v) is 5.48. The number of rotatable bonds is 2. The molecule has 0 radical (unpaired) electrons. The number of hydrogen-bond donors (Lipinski definition) is 1. The van der Waals surface area contributed by atoms with Crippen molar-refractivity contribution in [2.75, 3.05) is 7.05 Å². The van der Waals surface area contributed by atoms with E-state index in [1.807, 2.05) is 25.1 Å². The second-order valence-corrected chi connectivity index (χ2v) is 4.87. The third-order valence-electron chi connectivity index (χ3n) is 1.64. The Kier molecular flexibility index (Phi) is 3.83. The van der Waals surface area contributed by atoms with Gasteiger partial charge < -0.3 is 5.11 Å². The third kappa shape index (κ3) is 2.92. The molecule has 1 N–H and O–H groups in total. The maximum absolute atomic E-state index is 10.6. The molecule has 0 bridgehead atoms. The number of hydrogen-bond acceptors (Lipinski definition) is 2. The quantitative estimate of drug-likeness (QED) is 0.842. The number of aryl methyl sites for hydroxylation is 1. The van der Waals surface area contributed by atoms with E-state index in [2.05, 4.69) is 15.9 Å². The van der Waals surface area contributed by atoms with Crippen LogP contribution in [-0.2, 0) is 0 Å². The van der Waals surface area contributed by atoms with Gasteiger partial charge in [0.15, 0.2) is 0 Å². The summed E-state index contributed by atoms with van der Waals surface area (Å²) in [6.07, 6.45) is -0.947. The average Bonchev–Trinajstić information content (AvgIpc) is 2.09. The molecule has 0 aliphatic carbocycles. The topological polar surface area (TPSA) is 40.5 Å². The molecule has 76 valence electrons. The lowest BCUT2D eigenvalue weighted by Gasteiger charge is -2.12. The Bertz CT molecular complexity index is 357. The Morgan fingerprint density at radius 3 is 2.71 bits per heavy atom. The summed E-state index contributed by atoms with van der Waals surface area (Å²) in [5, 5.41) is 8.68. The molecule has 1 aromatic carbocycles. The molecule has 0 aliphatic rings. The van der Waals surface area contributed by atoms with Gasteiger partial charge >= 0.3 is 6.09 Å². The Balaban J connectivity index is 2.82. The van der Waals surface area contributed by atoms with Crippen LogP contribution in [0.3, 0.4) is 0 Å². The van der Waals surface area contributed by atoms with Gasteiger partial charge in [-0.1, -0.05) is 15.9 Å². The molecule has 14 heavy (non-hydrogen) atoms. The molecule has 5 heteroatoms. The fourth-order valence-corrected chi connectivity index (χ4v) is 2.08. The van der Waals surface area contributed by atoms with Crippen LogP contribution < -0.4 is 0 Å². The van der Waals surface area contributed by atoms with Crippen LogP contribution in [-0.4, -0.2) is 22.6 Å². The number of amides is 1. The van der Waals surface area contributed by atoms with Gasteiger partial charge in [-0.3, -0.25) is 4.31 Å². The summed E-state index contributed by atoms with van der Waals surface area (Å²) >= 11 is 4.55. The van der Waals surface area contributed by atoms with E-state index in [9.17, 15) is 4.79 Å². The van der Waals surface area contributed by atoms with Crippen LogP contribution in [0.25, 0.3) is 0 Å². The summed E-state index contributed by atoms with van der Waals surface area (Å²) in [5.41, 5.74) is 1.05. The molecule has 0 saturated heterocycles. The van der Waals surface area contributed by atoms with Gasteiger partial charge in [0, 0.05) is 16.4 Å². The molecular formula is C9H10BrNO2S. The maximum atomic E-state index is 10.6.